The van der Waals surface area contributed by atoms with Crippen molar-refractivity contribution in [2.45, 2.75) is 46.6 Å². The number of Topliss-reactive ketones (excluding diaryl/α,β-unsaturated/α-hetero) is 1. The Morgan fingerprint density at radius 2 is 2.12 bits per heavy atom. The Labute approximate surface area is 145 Å². The summed E-state index contributed by atoms with van der Waals surface area (Å²) >= 11 is 1.39. The number of hydrogen-bond donors (Lipinski definition) is 2. The van der Waals surface area contributed by atoms with Crippen LogP contribution in [0, 0.1) is 13.8 Å². The van der Waals surface area contributed by atoms with E-state index < -0.39 is 0 Å². The number of rotatable bonds is 7. The number of nitrogens with two attached hydrogens (primary N) is 1. The summed E-state index contributed by atoms with van der Waals surface area (Å²) in [7, 11) is 0. The van der Waals surface area contributed by atoms with E-state index >= 15 is 0 Å². The monoisotopic (exact) mass is 349 g/mol. The van der Waals surface area contributed by atoms with Crippen molar-refractivity contribution in [1.29, 1.82) is 0 Å². The summed E-state index contributed by atoms with van der Waals surface area (Å²) in [6.07, 6.45) is 0.959. The predicted octanol–water partition coefficient (Wildman–Crippen LogP) is 2.05. The Morgan fingerprint density at radius 1 is 1.42 bits per heavy atom. The quantitative estimate of drug-likeness (QED) is 0.745. The second-order valence-electron chi connectivity index (χ2n) is 5.88. The van der Waals surface area contributed by atoms with Gasteiger partial charge in [0.15, 0.2) is 10.9 Å². The number of nitrogen functional groups attached to an aromatic ring is 1. The van der Waals surface area contributed by atoms with Gasteiger partial charge in [0.25, 0.3) is 0 Å². The molecule has 3 N–H and O–H groups in total. The molecular formula is C16H23N5O2S. The lowest BCUT2D eigenvalue weighted by atomic mass is 10.1. The van der Waals surface area contributed by atoms with Gasteiger partial charge in [0.1, 0.15) is 0 Å². The third-order valence-electron chi connectivity index (χ3n) is 3.85. The molecule has 0 radical (unpaired) electrons. The number of aromatic nitrogens is 3. The van der Waals surface area contributed by atoms with E-state index in [-0.39, 0.29) is 17.7 Å². The van der Waals surface area contributed by atoms with Gasteiger partial charge < -0.3 is 11.1 Å². The van der Waals surface area contributed by atoms with Crippen LogP contribution in [0.5, 0.6) is 0 Å². The largest absolute Gasteiger partial charge is 0.375 e. The van der Waals surface area contributed by atoms with E-state index in [2.05, 4.69) is 15.4 Å². The standard InChI is InChI=1S/C16H23N5O2S/c1-9(21-11(3)15(12(4)22)10(2)20-21)7-14(23)18-6-5-13-8-24-16(17)19-13/h8-9H,5-7H2,1-4H3,(H2,17,19)(H,18,23)/t9-/m0/s1. The van der Waals surface area contributed by atoms with Crippen LogP contribution < -0.4 is 11.1 Å². The minimum Gasteiger partial charge on any atom is -0.375 e. The zero-order valence-electron chi connectivity index (χ0n) is 14.4. The van der Waals surface area contributed by atoms with Crippen LogP contribution in [0.4, 0.5) is 5.13 Å². The molecule has 2 heterocycles. The Morgan fingerprint density at radius 3 is 2.67 bits per heavy atom. The van der Waals surface area contributed by atoms with Gasteiger partial charge in [-0.2, -0.15) is 5.10 Å². The van der Waals surface area contributed by atoms with Gasteiger partial charge in [0, 0.05) is 30.5 Å². The van der Waals surface area contributed by atoms with Gasteiger partial charge in [-0.25, -0.2) is 4.98 Å². The van der Waals surface area contributed by atoms with Crippen LogP contribution in [-0.4, -0.2) is 33.0 Å². The minimum atomic E-state index is -0.119. The first-order valence-electron chi connectivity index (χ1n) is 7.82. The van der Waals surface area contributed by atoms with E-state index in [4.69, 9.17) is 5.73 Å². The highest BCUT2D eigenvalue weighted by atomic mass is 32.1. The normalized spacial score (nSPS) is 12.2. The van der Waals surface area contributed by atoms with Gasteiger partial charge in [0.2, 0.25) is 5.91 Å². The van der Waals surface area contributed by atoms with Crippen LogP contribution in [0.15, 0.2) is 5.38 Å². The molecular weight excluding hydrogens is 326 g/mol. The fourth-order valence-electron chi connectivity index (χ4n) is 2.80. The van der Waals surface area contributed by atoms with Crippen molar-refractivity contribution in [3.63, 3.8) is 0 Å². The molecule has 0 aliphatic rings. The topological polar surface area (TPSA) is 103 Å². The van der Waals surface area contributed by atoms with Crippen LogP contribution >= 0.6 is 11.3 Å². The summed E-state index contributed by atoms with van der Waals surface area (Å²) < 4.78 is 1.76. The van der Waals surface area contributed by atoms with Gasteiger partial charge in [-0.15, -0.1) is 11.3 Å². The van der Waals surface area contributed by atoms with Crippen molar-refractivity contribution < 1.29 is 9.59 Å². The van der Waals surface area contributed by atoms with E-state index in [0.29, 0.717) is 35.8 Å². The molecule has 0 saturated carbocycles. The Kier molecular flexibility index (Phi) is 5.71. The average molecular weight is 349 g/mol. The smallest absolute Gasteiger partial charge is 0.222 e. The van der Waals surface area contributed by atoms with Gasteiger partial charge >= 0.3 is 0 Å². The Bertz CT molecular complexity index is 750. The summed E-state index contributed by atoms with van der Waals surface area (Å²) in [6, 6.07) is -0.119. The zero-order chi connectivity index (χ0) is 17.9. The molecule has 130 valence electrons. The van der Waals surface area contributed by atoms with Gasteiger partial charge in [-0.05, 0) is 27.7 Å². The maximum atomic E-state index is 12.1. The first-order chi connectivity index (χ1) is 11.3. The van der Waals surface area contributed by atoms with E-state index in [0.717, 1.165) is 11.4 Å². The summed E-state index contributed by atoms with van der Waals surface area (Å²) in [6.45, 7) is 7.64. The number of ketones is 1. The Balaban J connectivity index is 1.89. The highest BCUT2D eigenvalue weighted by molar-refractivity contribution is 7.13. The molecule has 7 nitrogen and oxygen atoms in total. The van der Waals surface area contributed by atoms with Crippen LogP contribution in [0.3, 0.4) is 0 Å². The molecule has 0 aliphatic heterocycles. The number of anilines is 1. The van der Waals surface area contributed by atoms with Crippen molar-refractivity contribution in [1.82, 2.24) is 20.1 Å². The maximum Gasteiger partial charge on any atom is 0.222 e. The number of carbonyl (C=O) groups excluding carboxylic acids is 2. The second kappa shape index (κ2) is 7.57. The highest BCUT2D eigenvalue weighted by Crippen LogP contribution is 2.20. The number of amides is 1. The fourth-order valence-corrected chi connectivity index (χ4v) is 3.39. The Hall–Kier alpha value is -2.22. The summed E-state index contributed by atoms with van der Waals surface area (Å²) in [4.78, 5) is 27.9. The molecule has 0 saturated heterocycles. The predicted molar refractivity (Wildman–Crippen MR) is 94.3 cm³/mol. The number of nitrogens with zero attached hydrogens (tertiary/aromatic N) is 3. The molecule has 0 aromatic carbocycles. The van der Waals surface area contributed by atoms with Crippen molar-refractivity contribution in [3.05, 3.63) is 28.0 Å². The van der Waals surface area contributed by atoms with E-state index in [1.165, 1.54) is 18.3 Å². The summed E-state index contributed by atoms with van der Waals surface area (Å²) in [5, 5.41) is 9.72. The van der Waals surface area contributed by atoms with Gasteiger partial charge in [-0.3, -0.25) is 14.3 Å². The van der Waals surface area contributed by atoms with Crippen molar-refractivity contribution in [3.8, 4) is 0 Å². The van der Waals surface area contributed by atoms with Crippen molar-refractivity contribution in [2.24, 2.45) is 0 Å². The third-order valence-corrected chi connectivity index (χ3v) is 4.57. The minimum absolute atomic E-state index is 0.00422. The molecule has 0 unspecified atom stereocenters. The number of thiazole rings is 1. The van der Waals surface area contributed by atoms with Crippen LogP contribution in [-0.2, 0) is 11.2 Å². The molecule has 24 heavy (non-hydrogen) atoms. The number of nitrogens with one attached hydrogen (secondary N) is 1. The molecule has 1 amide bonds. The first kappa shape index (κ1) is 18.1. The van der Waals surface area contributed by atoms with Crippen molar-refractivity contribution in [2.75, 3.05) is 12.3 Å². The molecule has 2 rings (SSSR count). The molecule has 8 heteroatoms. The maximum absolute atomic E-state index is 12.1. The van der Waals surface area contributed by atoms with Gasteiger partial charge in [-0.1, -0.05) is 0 Å². The van der Waals surface area contributed by atoms with Crippen LogP contribution in [0.2, 0.25) is 0 Å². The molecule has 2 aromatic rings. The highest BCUT2D eigenvalue weighted by Gasteiger charge is 2.20. The molecule has 0 fully saturated rings. The SMILES string of the molecule is CC(=O)c1c(C)nn([C@@H](C)CC(=O)NCCc2csc(N)n2)c1C. The lowest BCUT2D eigenvalue weighted by molar-refractivity contribution is -0.121. The average Bonchev–Trinajstić information content (AvgIpc) is 3.02. The van der Waals surface area contributed by atoms with Gasteiger partial charge in [0.05, 0.1) is 23.0 Å². The van der Waals surface area contributed by atoms with E-state index in [1.54, 1.807) is 4.68 Å². The van der Waals surface area contributed by atoms with E-state index in [1.807, 2.05) is 26.2 Å². The number of carbonyl (C=O) groups is 2. The molecule has 1 atom stereocenters. The summed E-state index contributed by atoms with van der Waals surface area (Å²) in [5.41, 5.74) is 8.61. The molecule has 2 aromatic heterocycles. The molecule has 0 spiro atoms. The third kappa shape index (κ3) is 4.19. The first-order valence-corrected chi connectivity index (χ1v) is 8.70. The van der Waals surface area contributed by atoms with E-state index in [9.17, 15) is 9.59 Å². The number of hydrogen-bond acceptors (Lipinski definition) is 6. The van der Waals surface area contributed by atoms with Crippen LogP contribution in [0.1, 0.15) is 53.7 Å². The second-order valence-corrected chi connectivity index (χ2v) is 6.77. The van der Waals surface area contributed by atoms with Crippen molar-refractivity contribution >= 4 is 28.2 Å². The molecule has 0 bridgehead atoms. The number of aryl methyl sites for hydroxylation is 1. The van der Waals surface area contributed by atoms with Crippen LogP contribution in [0.25, 0.3) is 0 Å². The molecule has 0 aliphatic carbocycles. The fraction of sp³-hybridized carbons (Fsp3) is 0.500. The lowest BCUT2D eigenvalue weighted by Gasteiger charge is -2.14. The lowest BCUT2D eigenvalue weighted by Crippen LogP contribution is -2.28. The zero-order valence-corrected chi connectivity index (χ0v) is 15.2. The summed E-state index contributed by atoms with van der Waals surface area (Å²) in [5.74, 6) is -0.0573.